The zero-order chi connectivity index (χ0) is 15.8. The van der Waals surface area contributed by atoms with E-state index in [0.717, 1.165) is 12.8 Å². The number of carboxylic acid groups (broad SMARTS) is 1. The highest BCUT2D eigenvalue weighted by atomic mass is 16.6. The molecule has 1 N–H and O–H groups in total. The van der Waals surface area contributed by atoms with Gasteiger partial charge in [-0.1, -0.05) is 6.92 Å². The average Bonchev–Trinajstić information content (AvgIpc) is 2.71. The Labute approximate surface area is 125 Å². The highest BCUT2D eigenvalue weighted by Crippen LogP contribution is 2.42. The largest absolute Gasteiger partial charge is 0.480 e. The summed E-state index contributed by atoms with van der Waals surface area (Å²) < 4.78 is 11.2. The summed E-state index contributed by atoms with van der Waals surface area (Å²) in [6.45, 7) is 7.50. The first-order valence-electron chi connectivity index (χ1n) is 7.54. The fourth-order valence-corrected chi connectivity index (χ4v) is 3.05. The lowest BCUT2D eigenvalue weighted by molar-refractivity contribution is -0.145. The molecule has 21 heavy (non-hydrogen) atoms. The Balaban J connectivity index is 2.24. The van der Waals surface area contributed by atoms with Crippen LogP contribution in [0.5, 0.6) is 0 Å². The van der Waals surface area contributed by atoms with Gasteiger partial charge < -0.3 is 14.6 Å². The van der Waals surface area contributed by atoms with Crippen LogP contribution in [0, 0.1) is 5.92 Å². The van der Waals surface area contributed by atoms with E-state index in [4.69, 9.17) is 9.47 Å². The molecule has 1 saturated carbocycles. The third-order valence-electron chi connectivity index (χ3n) is 4.19. The number of carbonyl (C=O) groups is 2. The monoisotopic (exact) mass is 299 g/mol. The van der Waals surface area contributed by atoms with Crippen LogP contribution in [0.2, 0.25) is 0 Å². The van der Waals surface area contributed by atoms with Gasteiger partial charge in [-0.25, -0.2) is 9.59 Å². The Morgan fingerprint density at radius 1 is 1.29 bits per heavy atom. The van der Waals surface area contributed by atoms with Crippen molar-refractivity contribution >= 4 is 12.1 Å². The van der Waals surface area contributed by atoms with Gasteiger partial charge in [0.15, 0.2) is 6.04 Å². The third kappa shape index (κ3) is 3.31. The van der Waals surface area contributed by atoms with Gasteiger partial charge in [0.2, 0.25) is 0 Å². The second-order valence-corrected chi connectivity index (χ2v) is 7.14. The lowest BCUT2D eigenvalue weighted by atomic mass is 9.84. The topological polar surface area (TPSA) is 76.1 Å². The number of rotatable bonds is 1. The molecule has 1 amide bonds. The molecule has 120 valence electrons. The van der Waals surface area contributed by atoms with Crippen molar-refractivity contribution in [3.05, 3.63) is 0 Å². The summed E-state index contributed by atoms with van der Waals surface area (Å²) in [7, 11) is 0. The van der Waals surface area contributed by atoms with E-state index in [1.54, 1.807) is 20.8 Å². The Bertz CT molecular complexity index is 420. The van der Waals surface area contributed by atoms with Crippen molar-refractivity contribution in [2.75, 3.05) is 6.61 Å². The summed E-state index contributed by atoms with van der Waals surface area (Å²) in [4.78, 5) is 25.3. The minimum absolute atomic E-state index is 0.0307. The molecule has 1 atom stereocenters. The van der Waals surface area contributed by atoms with Crippen molar-refractivity contribution in [2.45, 2.75) is 70.7 Å². The molecule has 2 aliphatic rings. The lowest BCUT2D eigenvalue weighted by Crippen LogP contribution is -2.56. The van der Waals surface area contributed by atoms with Crippen molar-refractivity contribution in [3.8, 4) is 0 Å². The molecule has 6 heteroatoms. The van der Waals surface area contributed by atoms with Crippen LogP contribution in [0.4, 0.5) is 4.79 Å². The summed E-state index contributed by atoms with van der Waals surface area (Å²) in [5, 5.41) is 9.37. The third-order valence-corrected chi connectivity index (χ3v) is 4.19. The van der Waals surface area contributed by atoms with Crippen LogP contribution in [-0.2, 0) is 14.3 Å². The molecule has 1 unspecified atom stereocenters. The van der Waals surface area contributed by atoms with Crippen LogP contribution >= 0.6 is 0 Å². The number of hydrogen-bond donors (Lipinski definition) is 1. The Kier molecular flexibility index (Phi) is 4.19. The zero-order valence-corrected chi connectivity index (χ0v) is 13.2. The molecular formula is C15H25NO5. The maximum Gasteiger partial charge on any atom is 0.413 e. The predicted octanol–water partition coefficient (Wildman–Crippen LogP) is 2.61. The van der Waals surface area contributed by atoms with E-state index in [1.165, 1.54) is 4.90 Å². The van der Waals surface area contributed by atoms with Crippen molar-refractivity contribution < 1.29 is 24.2 Å². The molecule has 0 radical (unpaired) electrons. The van der Waals surface area contributed by atoms with Gasteiger partial charge in [0.1, 0.15) is 11.3 Å². The van der Waals surface area contributed by atoms with Gasteiger partial charge in [-0.15, -0.1) is 0 Å². The normalized spacial score (nSPS) is 33.2. The van der Waals surface area contributed by atoms with E-state index in [9.17, 15) is 14.7 Å². The van der Waals surface area contributed by atoms with Gasteiger partial charge in [0.05, 0.1) is 6.61 Å². The number of carboxylic acids is 1. The molecule has 1 saturated heterocycles. The molecule has 0 bridgehead atoms. The first-order chi connectivity index (χ1) is 9.65. The molecule has 1 heterocycles. The maximum absolute atomic E-state index is 12.5. The van der Waals surface area contributed by atoms with Gasteiger partial charge in [-0.05, 0) is 52.4 Å². The standard InChI is InChI=1S/C15H25NO5/c1-10-5-7-15(8-6-10)16(11(9-20-15)12(17)18)13(19)21-14(2,3)4/h10-11H,5-9H2,1-4H3,(H,17,18). The van der Waals surface area contributed by atoms with Crippen LogP contribution in [0.3, 0.4) is 0 Å². The molecule has 2 fully saturated rings. The highest BCUT2D eigenvalue weighted by molar-refractivity contribution is 5.81. The molecule has 0 aromatic carbocycles. The first-order valence-corrected chi connectivity index (χ1v) is 7.54. The molecule has 0 aromatic rings. The van der Waals surface area contributed by atoms with Gasteiger partial charge in [0, 0.05) is 0 Å². The molecule has 2 rings (SSSR count). The SMILES string of the molecule is CC1CCC2(CC1)OCC(C(=O)O)N2C(=O)OC(C)(C)C. The van der Waals surface area contributed by atoms with Crippen LogP contribution in [-0.4, -0.2) is 46.0 Å². The van der Waals surface area contributed by atoms with Crippen molar-refractivity contribution in [2.24, 2.45) is 5.92 Å². The summed E-state index contributed by atoms with van der Waals surface area (Å²) >= 11 is 0. The maximum atomic E-state index is 12.5. The first kappa shape index (κ1) is 16.1. The molecule has 1 aliphatic carbocycles. The zero-order valence-electron chi connectivity index (χ0n) is 13.2. The predicted molar refractivity (Wildman–Crippen MR) is 75.8 cm³/mol. The van der Waals surface area contributed by atoms with Crippen molar-refractivity contribution in [1.82, 2.24) is 4.90 Å². The molecule has 6 nitrogen and oxygen atoms in total. The number of carbonyl (C=O) groups excluding carboxylic acids is 1. The fourth-order valence-electron chi connectivity index (χ4n) is 3.05. The number of amides is 1. The van der Waals surface area contributed by atoms with Gasteiger partial charge in [-0.2, -0.15) is 0 Å². The van der Waals surface area contributed by atoms with Gasteiger partial charge in [-0.3, -0.25) is 4.90 Å². The van der Waals surface area contributed by atoms with E-state index < -0.39 is 29.4 Å². The number of nitrogens with zero attached hydrogens (tertiary/aromatic N) is 1. The highest BCUT2D eigenvalue weighted by Gasteiger charge is 2.54. The van der Waals surface area contributed by atoms with Gasteiger partial charge in [0.25, 0.3) is 0 Å². The average molecular weight is 299 g/mol. The molecular weight excluding hydrogens is 274 g/mol. The summed E-state index contributed by atoms with van der Waals surface area (Å²) in [6.07, 6.45) is 2.58. The van der Waals surface area contributed by atoms with Crippen molar-refractivity contribution in [1.29, 1.82) is 0 Å². The van der Waals surface area contributed by atoms with Gasteiger partial charge >= 0.3 is 12.1 Å². The second kappa shape index (κ2) is 5.48. The lowest BCUT2D eigenvalue weighted by Gasteiger charge is -2.42. The quantitative estimate of drug-likeness (QED) is 0.805. The van der Waals surface area contributed by atoms with E-state index in [2.05, 4.69) is 6.92 Å². The van der Waals surface area contributed by atoms with E-state index in [-0.39, 0.29) is 6.61 Å². The fraction of sp³-hybridized carbons (Fsp3) is 0.867. The number of ether oxygens (including phenoxy) is 2. The molecule has 1 aliphatic heterocycles. The van der Waals surface area contributed by atoms with Crippen LogP contribution < -0.4 is 0 Å². The summed E-state index contributed by atoms with van der Waals surface area (Å²) in [6, 6.07) is -0.965. The Hall–Kier alpha value is -1.30. The van der Waals surface area contributed by atoms with Crippen LogP contribution in [0.25, 0.3) is 0 Å². The van der Waals surface area contributed by atoms with Crippen LogP contribution in [0.1, 0.15) is 53.4 Å². The smallest absolute Gasteiger partial charge is 0.413 e. The van der Waals surface area contributed by atoms with E-state index >= 15 is 0 Å². The Morgan fingerprint density at radius 3 is 2.33 bits per heavy atom. The minimum Gasteiger partial charge on any atom is -0.480 e. The molecule has 0 aromatic heterocycles. The minimum atomic E-state index is -1.05. The van der Waals surface area contributed by atoms with Crippen LogP contribution in [0.15, 0.2) is 0 Å². The summed E-state index contributed by atoms with van der Waals surface area (Å²) in [5.41, 5.74) is -1.47. The number of aliphatic carboxylic acids is 1. The number of hydrogen-bond acceptors (Lipinski definition) is 4. The second-order valence-electron chi connectivity index (χ2n) is 7.14. The van der Waals surface area contributed by atoms with E-state index in [0.29, 0.717) is 18.8 Å². The van der Waals surface area contributed by atoms with Crippen molar-refractivity contribution in [3.63, 3.8) is 0 Å². The Morgan fingerprint density at radius 2 is 1.86 bits per heavy atom. The summed E-state index contributed by atoms with van der Waals surface area (Å²) in [5.74, 6) is -0.472. The van der Waals surface area contributed by atoms with E-state index in [1.807, 2.05) is 0 Å². The molecule has 1 spiro atoms.